The van der Waals surface area contributed by atoms with E-state index in [1.807, 2.05) is 18.2 Å². The molecule has 0 saturated carbocycles. The van der Waals surface area contributed by atoms with E-state index in [1.165, 1.54) is 12.1 Å². The van der Waals surface area contributed by atoms with E-state index >= 15 is 0 Å². The van der Waals surface area contributed by atoms with Gasteiger partial charge in [-0.2, -0.15) is 0 Å². The molecule has 0 unspecified atom stereocenters. The molecule has 180 valence electrons. The van der Waals surface area contributed by atoms with Crippen molar-refractivity contribution in [1.29, 1.82) is 0 Å². The van der Waals surface area contributed by atoms with E-state index in [2.05, 4.69) is 43.4 Å². The number of furan rings is 1. The molecular formula is C30H23ClNO4-. The fraction of sp³-hybridized carbons (Fsp3) is 0.200. The molecule has 0 bridgehead atoms. The number of anilines is 1. The maximum Gasteiger partial charge on any atom is 0.162 e. The molecule has 1 atom stereocenters. The zero-order valence-corrected chi connectivity index (χ0v) is 20.6. The highest BCUT2D eigenvalue weighted by atomic mass is 35.5. The van der Waals surface area contributed by atoms with Crippen molar-refractivity contribution in [1.82, 2.24) is 0 Å². The number of hydrogen-bond donors (Lipinski definition) is 1. The van der Waals surface area contributed by atoms with Crippen molar-refractivity contribution in [3.8, 4) is 11.3 Å². The monoisotopic (exact) mass is 496 g/mol. The normalized spacial score (nSPS) is 18.5. The first-order chi connectivity index (χ1) is 17.2. The maximum absolute atomic E-state index is 13.6. The minimum atomic E-state index is -1.35. The van der Waals surface area contributed by atoms with Gasteiger partial charge >= 0.3 is 0 Å². The third-order valence-electron chi connectivity index (χ3n) is 7.12. The molecule has 5 nitrogen and oxygen atoms in total. The average Bonchev–Trinajstić information content (AvgIpc) is 3.32. The van der Waals surface area contributed by atoms with Crippen molar-refractivity contribution in [2.24, 2.45) is 5.41 Å². The summed E-state index contributed by atoms with van der Waals surface area (Å²) in [6, 6.07) is 20.2. The topological polar surface area (TPSA) is 82.4 Å². The Morgan fingerprint density at radius 2 is 1.86 bits per heavy atom. The van der Waals surface area contributed by atoms with Crippen LogP contribution in [0.5, 0.6) is 0 Å². The second-order valence-electron chi connectivity index (χ2n) is 10.3. The molecule has 0 amide bonds. The van der Waals surface area contributed by atoms with Crippen LogP contribution in [0.1, 0.15) is 54.4 Å². The number of carbonyl (C=O) groups excluding carboxylic acids is 2. The average molecular weight is 497 g/mol. The number of ketones is 1. The number of hydrogen-bond acceptors (Lipinski definition) is 5. The summed E-state index contributed by atoms with van der Waals surface area (Å²) in [5.41, 5.74) is 4.18. The van der Waals surface area contributed by atoms with E-state index < -0.39 is 12.0 Å². The lowest BCUT2D eigenvalue weighted by molar-refractivity contribution is -0.255. The van der Waals surface area contributed by atoms with E-state index in [1.54, 1.807) is 12.1 Å². The number of nitrogens with one attached hydrogen (secondary N) is 1. The first-order valence-corrected chi connectivity index (χ1v) is 12.3. The lowest BCUT2D eigenvalue weighted by Crippen LogP contribution is -2.33. The summed E-state index contributed by atoms with van der Waals surface area (Å²) in [6.45, 7) is 4.27. The molecule has 6 rings (SSSR count). The van der Waals surface area contributed by atoms with Crippen molar-refractivity contribution in [2.45, 2.75) is 32.7 Å². The van der Waals surface area contributed by atoms with Crippen LogP contribution in [0.15, 0.2) is 76.7 Å². The number of carboxylic acids is 1. The number of halogens is 1. The molecule has 4 aromatic rings. The van der Waals surface area contributed by atoms with Crippen LogP contribution in [0.3, 0.4) is 0 Å². The summed E-state index contributed by atoms with van der Waals surface area (Å²) in [5, 5.41) is 17.4. The van der Waals surface area contributed by atoms with Crippen LogP contribution in [0, 0.1) is 5.41 Å². The van der Waals surface area contributed by atoms with Gasteiger partial charge in [-0.15, -0.1) is 0 Å². The largest absolute Gasteiger partial charge is 0.545 e. The third-order valence-corrected chi connectivity index (χ3v) is 7.45. The summed E-state index contributed by atoms with van der Waals surface area (Å²) >= 11 is 6.01. The molecule has 1 aromatic heterocycles. The van der Waals surface area contributed by atoms with Gasteiger partial charge in [0.2, 0.25) is 0 Å². The molecule has 1 aliphatic heterocycles. The third kappa shape index (κ3) is 3.62. The van der Waals surface area contributed by atoms with Gasteiger partial charge < -0.3 is 19.6 Å². The molecule has 1 aliphatic carbocycles. The Balaban J connectivity index is 1.50. The lowest BCUT2D eigenvalue weighted by atomic mass is 9.68. The first kappa shape index (κ1) is 22.6. The number of benzene rings is 3. The van der Waals surface area contributed by atoms with Crippen molar-refractivity contribution in [3.05, 3.63) is 94.2 Å². The first-order valence-electron chi connectivity index (χ1n) is 11.9. The van der Waals surface area contributed by atoms with Crippen molar-refractivity contribution in [3.63, 3.8) is 0 Å². The number of Topliss-reactive ketones (excluding diaryl/α,β-unsaturated/α-hetero) is 1. The van der Waals surface area contributed by atoms with E-state index in [4.69, 9.17) is 16.0 Å². The van der Waals surface area contributed by atoms with E-state index in [0.29, 0.717) is 23.5 Å². The number of fused-ring (bicyclic) bond motifs is 4. The van der Waals surface area contributed by atoms with Gasteiger partial charge in [-0.1, -0.05) is 55.8 Å². The Bertz CT molecular complexity index is 1610. The molecule has 0 radical (unpaired) electrons. The van der Waals surface area contributed by atoms with Gasteiger partial charge in [-0.3, -0.25) is 4.79 Å². The van der Waals surface area contributed by atoms with Gasteiger partial charge in [0.05, 0.1) is 5.97 Å². The smallest absolute Gasteiger partial charge is 0.162 e. The van der Waals surface area contributed by atoms with Crippen LogP contribution >= 0.6 is 11.6 Å². The number of carbonyl (C=O) groups is 2. The number of rotatable bonds is 3. The van der Waals surface area contributed by atoms with Gasteiger partial charge in [0, 0.05) is 39.4 Å². The van der Waals surface area contributed by atoms with Crippen LogP contribution in [-0.4, -0.2) is 11.8 Å². The van der Waals surface area contributed by atoms with Gasteiger partial charge in [0.25, 0.3) is 0 Å². The molecule has 0 saturated heterocycles. The highest BCUT2D eigenvalue weighted by Crippen LogP contribution is 2.52. The predicted molar refractivity (Wildman–Crippen MR) is 139 cm³/mol. The summed E-state index contributed by atoms with van der Waals surface area (Å²) < 4.78 is 6.23. The van der Waals surface area contributed by atoms with Crippen LogP contribution in [0.4, 0.5) is 5.69 Å². The van der Waals surface area contributed by atoms with Gasteiger partial charge in [0.1, 0.15) is 17.6 Å². The van der Waals surface area contributed by atoms with Gasteiger partial charge in [-0.25, -0.2) is 0 Å². The van der Waals surface area contributed by atoms with Gasteiger partial charge in [-0.05, 0) is 64.6 Å². The SMILES string of the molecule is CC1(C)CC(=O)C2=C(C1)c1c(ccc3ccccc13)N[C@H]2c1ccc(-c2ccc(Cl)c(C(=O)[O-])c2)o1. The van der Waals surface area contributed by atoms with Crippen LogP contribution in [0.25, 0.3) is 27.7 Å². The van der Waals surface area contributed by atoms with Crippen molar-refractivity contribution >= 4 is 45.4 Å². The molecule has 0 spiro atoms. The van der Waals surface area contributed by atoms with E-state index in [-0.39, 0.29) is 21.8 Å². The van der Waals surface area contributed by atoms with Gasteiger partial charge in [0.15, 0.2) is 5.78 Å². The Hall–Kier alpha value is -3.83. The molecule has 36 heavy (non-hydrogen) atoms. The second kappa shape index (κ2) is 8.10. The molecule has 3 aromatic carbocycles. The highest BCUT2D eigenvalue weighted by Gasteiger charge is 2.41. The second-order valence-corrected chi connectivity index (χ2v) is 10.7. The van der Waals surface area contributed by atoms with E-state index in [0.717, 1.165) is 39.6 Å². The quantitative estimate of drug-likeness (QED) is 0.353. The van der Waals surface area contributed by atoms with Crippen molar-refractivity contribution < 1.29 is 19.1 Å². The van der Waals surface area contributed by atoms with Crippen LogP contribution < -0.4 is 10.4 Å². The van der Waals surface area contributed by atoms with E-state index in [9.17, 15) is 14.7 Å². The number of aromatic carboxylic acids is 1. The molecule has 2 aliphatic rings. The zero-order valence-electron chi connectivity index (χ0n) is 19.9. The maximum atomic E-state index is 13.6. The summed E-state index contributed by atoms with van der Waals surface area (Å²) in [6.07, 6.45) is 1.25. The Kier molecular flexibility index (Phi) is 5.09. The lowest BCUT2D eigenvalue weighted by Gasteiger charge is -2.39. The molecule has 0 fully saturated rings. The standard InChI is InChI=1S/C30H24ClNO4/c1-30(2)14-20-26-18-6-4-3-5-16(18)8-10-22(26)32-28(27(20)23(33)15-30)25-12-11-24(36-25)17-7-9-21(31)19(13-17)29(34)35/h3-13,28,32H,14-15H2,1-2H3,(H,34,35)/p-1/t28-/m0/s1. The van der Waals surface area contributed by atoms with Crippen LogP contribution in [-0.2, 0) is 4.79 Å². The Morgan fingerprint density at radius 1 is 1.06 bits per heavy atom. The summed E-state index contributed by atoms with van der Waals surface area (Å²) in [5.74, 6) is -0.159. The molecule has 1 N–H and O–H groups in total. The minimum Gasteiger partial charge on any atom is -0.545 e. The molecule has 2 heterocycles. The van der Waals surface area contributed by atoms with Crippen LogP contribution in [0.2, 0.25) is 5.02 Å². The van der Waals surface area contributed by atoms with Crippen molar-refractivity contribution in [2.75, 3.05) is 5.32 Å². The summed E-state index contributed by atoms with van der Waals surface area (Å²) in [7, 11) is 0. The minimum absolute atomic E-state index is 0.0987. The fourth-order valence-corrected chi connectivity index (χ4v) is 5.74. The summed E-state index contributed by atoms with van der Waals surface area (Å²) in [4.78, 5) is 25.0. The molecular weight excluding hydrogens is 474 g/mol. The predicted octanol–water partition coefficient (Wildman–Crippen LogP) is 6.43. The fourth-order valence-electron chi connectivity index (χ4n) is 5.55. The number of allylic oxidation sites excluding steroid dienone is 1. The number of carboxylic acid groups (broad SMARTS) is 1. The Labute approximate surface area is 213 Å². The zero-order chi connectivity index (χ0) is 25.2. The Morgan fingerprint density at radius 3 is 2.67 bits per heavy atom. The highest BCUT2D eigenvalue weighted by molar-refractivity contribution is 6.33. The molecule has 6 heteroatoms.